The van der Waals surface area contributed by atoms with E-state index >= 15 is 0 Å². The average Bonchev–Trinajstić information content (AvgIpc) is 2.31. The summed E-state index contributed by atoms with van der Waals surface area (Å²) < 4.78 is 18.7. The van der Waals surface area contributed by atoms with E-state index < -0.39 is 0 Å². The number of nitrogens with zero attached hydrogens (tertiary/aromatic N) is 1. The molecule has 2 N–H and O–H groups in total. The fourth-order valence-electron chi connectivity index (χ4n) is 2.65. The molecule has 0 amide bonds. The first-order valence-corrected chi connectivity index (χ1v) is 6.45. The normalized spacial score (nSPS) is 27.1. The van der Waals surface area contributed by atoms with E-state index in [1.54, 1.807) is 0 Å². The Morgan fingerprint density at radius 3 is 2.33 bits per heavy atom. The van der Waals surface area contributed by atoms with E-state index in [2.05, 4.69) is 18.7 Å². The highest BCUT2D eigenvalue weighted by atomic mass is 19.1. The van der Waals surface area contributed by atoms with Gasteiger partial charge in [0.15, 0.2) is 0 Å². The third-order valence-corrected chi connectivity index (χ3v) is 3.37. The molecule has 0 radical (unpaired) electrons. The van der Waals surface area contributed by atoms with Gasteiger partial charge in [-0.2, -0.15) is 0 Å². The minimum absolute atomic E-state index is 0.138. The minimum Gasteiger partial charge on any atom is -0.373 e. The van der Waals surface area contributed by atoms with Gasteiger partial charge in [0, 0.05) is 25.7 Å². The second kappa shape index (κ2) is 5.78. The van der Waals surface area contributed by atoms with Gasteiger partial charge in [0.25, 0.3) is 0 Å². The second-order valence-electron chi connectivity index (χ2n) is 5.01. The van der Waals surface area contributed by atoms with Crippen molar-refractivity contribution in [3.63, 3.8) is 0 Å². The Morgan fingerprint density at radius 2 is 1.83 bits per heavy atom. The number of nitrogens with two attached hydrogens (primary N) is 1. The van der Waals surface area contributed by atoms with Crippen molar-refractivity contribution in [2.45, 2.75) is 32.1 Å². The Bertz CT molecular complexity index is 372. The molecule has 3 nitrogen and oxygen atoms in total. The zero-order chi connectivity index (χ0) is 13.1. The molecule has 1 fully saturated rings. The van der Waals surface area contributed by atoms with Crippen molar-refractivity contribution in [2.75, 3.05) is 19.6 Å². The van der Waals surface area contributed by atoms with Crippen LogP contribution in [-0.4, -0.2) is 36.7 Å². The van der Waals surface area contributed by atoms with Gasteiger partial charge in [-0.3, -0.25) is 4.90 Å². The molecule has 1 aromatic carbocycles. The smallest absolute Gasteiger partial charge is 0.123 e. The first kappa shape index (κ1) is 13.5. The van der Waals surface area contributed by atoms with E-state index in [0.717, 1.165) is 18.7 Å². The molecule has 0 bridgehead atoms. The molecule has 0 saturated carbocycles. The zero-order valence-corrected chi connectivity index (χ0v) is 11.0. The summed E-state index contributed by atoms with van der Waals surface area (Å²) >= 11 is 0. The maximum Gasteiger partial charge on any atom is 0.123 e. The van der Waals surface area contributed by atoms with Crippen molar-refractivity contribution in [3.8, 4) is 0 Å². The summed E-state index contributed by atoms with van der Waals surface area (Å²) in [6, 6.07) is 6.76. The van der Waals surface area contributed by atoms with Crippen molar-refractivity contribution in [3.05, 3.63) is 35.6 Å². The van der Waals surface area contributed by atoms with E-state index in [1.807, 2.05) is 12.1 Å². The van der Waals surface area contributed by atoms with Crippen LogP contribution < -0.4 is 5.73 Å². The Balaban J connectivity index is 2.14. The molecule has 100 valence electrons. The number of hydrogen-bond acceptors (Lipinski definition) is 3. The van der Waals surface area contributed by atoms with Gasteiger partial charge in [-0.1, -0.05) is 12.1 Å². The molecule has 3 atom stereocenters. The third kappa shape index (κ3) is 3.07. The molecule has 1 aliphatic rings. The standard InChI is InChI=1S/C14H21FN2O/c1-10-8-17(9-11(2)18-10)14(7-16)12-3-5-13(15)6-4-12/h3-6,10-11,14H,7-9,16H2,1-2H3/t10-,11-,14-/m0/s1. The lowest BCUT2D eigenvalue weighted by atomic mass is 10.0. The molecular weight excluding hydrogens is 231 g/mol. The van der Waals surface area contributed by atoms with Gasteiger partial charge < -0.3 is 10.5 Å². The lowest BCUT2D eigenvalue weighted by Crippen LogP contribution is -2.48. The molecule has 0 aliphatic carbocycles. The summed E-state index contributed by atoms with van der Waals surface area (Å²) in [5.74, 6) is -0.210. The molecular formula is C14H21FN2O. The third-order valence-electron chi connectivity index (χ3n) is 3.37. The fraction of sp³-hybridized carbons (Fsp3) is 0.571. The zero-order valence-electron chi connectivity index (χ0n) is 11.0. The van der Waals surface area contributed by atoms with Gasteiger partial charge in [-0.25, -0.2) is 4.39 Å². The maximum absolute atomic E-state index is 13.0. The summed E-state index contributed by atoms with van der Waals surface area (Å²) in [4.78, 5) is 2.33. The predicted molar refractivity (Wildman–Crippen MR) is 69.8 cm³/mol. The number of hydrogen-bond donors (Lipinski definition) is 1. The number of rotatable bonds is 3. The van der Waals surface area contributed by atoms with Crippen molar-refractivity contribution in [2.24, 2.45) is 5.73 Å². The SMILES string of the molecule is C[C@H]1CN([C@@H](CN)c2ccc(F)cc2)C[C@H](C)O1. The van der Waals surface area contributed by atoms with Gasteiger partial charge in [0.1, 0.15) is 5.82 Å². The highest BCUT2D eigenvalue weighted by Gasteiger charge is 2.28. The second-order valence-corrected chi connectivity index (χ2v) is 5.01. The van der Waals surface area contributed by atoms with E-state index in [-0.39, 0.29) is 24.1 Å². The van der Waals surface area contributed by atoms with Crippen LogP contribution in [0, 0.1) is 5.82 Å². The summed E-state index contributed by atoms with van der Waals surface area (Å²) in [6.45, 7) is 6.40. The summed E-state index contributed by atoms with van der Waals surface area (Å²) in [7, 11) is 0. The average molecular weight is 252 g/mol. The monoisotopic (exact) mass is 252 g/mol. The van der Waals surface area contributed by atoms with Crippen molar-refractivity contribution >= 4 is 0 Å². The molecule has 0 spiro atoms. The largest absolute Gasteiger partial charge is 0.373 e. The van der Waals surface area contributed by atoms with Gasteiger partial charge in [-0.15, -0.1) is 0 Å². The number of morpholine rings is 1. The number of benzene rings is 1. The molecule has 0 aromatic heterocycles. The first-order valence-electron chi connectivity index (χ1n) is 6.45. The van der Waals surface area contributed by atoms with Gasteiger partial charge in [0.2, 0.25) is 0 Å². The Kier molecular flexibility index (Phi) is 4.32. The molecule has 1 saturated heterocycles. The van der Waals surface area contributed by atoms with E-state index in [9.17, 15) is 4.39 Å². The Hall–Kier alpha value is -0.970. The van der Waals surface area contributed by atoms with Crippen molar-refractivity contribution in [1.29, 1.82) is 0 Å². The van der Waals surface area contributed by atoms with Crippen LogP contribution in [-0.2, 0) is 4.74 Å². The van der Waals surface area contributed by atoms with E-state index in [0.29, 0.717) is 6.54 Å². The Morgan fingerprint density at radius 1 is 1.28 bits per heavy atom. The maximum atomic E-state index is 13.0. The topological polar surface area (TPSA) is 38.5 Å². The Labute approximate surface area is 108 Å². The number of ether oxygens (including phenoxy) is 1. The quantitative estimate of drug-likeness (QED) is 0.893. The molecule has 1 aromatic rings. The van der Waals surface area contributed by atoms with Crippen molar-refractivity contribution in [1.82, 2.24) is 4.90 Å². The lowest BCUT2D eigenvalue weighted by Gasteiger charge is -2.40. The molecule has 0 unspecified atom stereocenters. The van der Waals surface area contributed by atoms with Crippen LogP contribution in [0.3, 0.4) is 0 Å². The van der Waals surface area contributed by atoms with Gasteiger partial charge >= 0.3 is 0 Å². The van der Waals surface area contributed by atoms with E-state index in [1.165, 1.54) is 12.1 Å². The first-order chi connectivity index (χ1) is 8.60. The molecule has 1 aliphatic heterocycles. The minimum atomic E-state index is -0.210. The van der Waals surface area contributed by atoms with Crippen molar-refractivity contribution < 1.29 is 9.13 Å². The highest BCUT2D eigenvalue weighted by molar-refractivity contribution is 5.20. The van der Waals surface area contributed by atoms with Crippen LogP contribution in [0.5, 0.6) is 0 Å². The number of halogens is 1. The van der Waals surface area contributed by atoms with Crippen LogP contribution in [0.25, 0.3) is 0 Å². The molecule has 4 heteroatoms. The lowest BCUT2D eigenvalue weighted by molar-refractivity contribution is -0.0799. The van der Waals surface area contributed by atoms with Crippen LogP contribution in [0.2, 0.25) is 0 Å². The van der Waals surface area contributed by atoms with Gasteiger partial charge in [0.05, 0.1) is 12.2 Å². The summed E-state index contributed by atoms with van der Waals surface area (Å²) in [5, 5.41) is 0. The molecule has 1 heterocycles. The molecule has 18 heavy (non-hydrogen) atoms. The van der Waals surface area contributed by atoms with Gasteiger partial charge in [-0.05, 0) is 31.5 Å². The summed E-state index contributed by atoms with van der Waals surface area (Å²) in [5.41, 5.74) is 6.96. The van der Waals surface area contributed by atoms with Crippen LogP contribution >= 0.6 is 0 Å². The van der Waals surface area contributed by atoms with Crippen LogP contribution in [0.4, 0.5) is 4.39 Å². The molecule has 2 rings (SSSR count). The fourth-order valence-corrected chi connectivity index (χ4v) is 2.65. The van der Waals surface area contributed by atoms with Crippen LogP contribution in [0.15, 0.2) is 24.3 Å². The highest BCUT2D eigenvalue weighted by Crippen LogP contribution is 2.24. The van der Waals surface area contributed by atoms with Crippen LogP contribution in [0.1, 0.15) is 25.5 Å². The van der Waals surface area contributed by atoms with E-state index in [4.69, 9.17) is 10.5 Å². The predicted octanol–water partition coefficient (Wildman–Crippen LogP) is 1.93. The summed E-state index contributed by atoms with van der Waals surface area (Å²) in [6.07, 6.45) is 0.423.